The molecule has 0 bridgehead atoms. The Hall–Kier alpha value is -1.59. The van der Waals surface area contributed by atoms with Crippen LogP contribution in [0.2, 0.25) is 0 Å². The molecule has 0 saturated carbocycles. The van der Waals surface area contributed by atoms with E-state index in [9.17, 15) is 14.4 Å². The molecule has 0 aliphatic carbocycles. The fourth-order valence-corrected chi connectivity index (χ4v) is 1.61. The molecule has 0 spiro atoms. The predicted octanol–water partition coefficient (Wildman–Crippen LogP) is -0.458. The minimum absolute atomic E-state index is 0.00606. The lowest BCUT2D eigenvalue weighted by Crippen LogP contribution is -2.54. The van der Waals surface area contributed by atoms with Crippen LogP contribution in [0.3, 0.4) is 0 Å². The minimum Gasteiger partial charge on any atom is -0.481 e. The Balaban J connectivity index is 2.50. The topological polar surface area (TPSA) is 77.9 Å². The van der Waals surface area contributed by atoms with Gasteiger partial charge in [-0.1, -0.05) is 6.92 Å². The molecule has 0 aromatic heterocycles. The Morgan fingerprint density at radius 1 is 1.19 bits per heavy atom. The number of amides is 2. The molecule has 1 rings (SSSR count). The first-order valence-electron chi connectivity index (χ1n) is 5.32. The molecule has 2 amide bonds. The van der Waals surface area contributed by atoms with E-state index in [1.54, 1.807) is 0 Å². The van der Waals surface area contributed by atoms with Crippen molar-refractivity contribution in [1.29, 1.82) is 0 Å². The first-order valence-corrected chi connectivity index (χ1v) is 5.32. The zero-order valence-corrected chi connectivity index (χ0v) is 9.31. The molecule has 1 heterocycles. The molecule has 0 aromatic rings. The molecular weight excluding hydrogens is 212 g/mol. The summed E-state index contributed by atoms with van der Waals surface area (Å²) < 4.78 is 0. The highest BCUT2D eigenvalue weighted by atomic mass is 16.4. The lowest BCUT2D eigenvalue weighted by Gasteiger charge is -2.33. The quantitative estimate of drug-likeness (QED) is 0.690. The molecule has 1 aliphatic rings. The summed E-state index contributed by atoms with van der Waals surface area (Å²) in [6, 6.07) is 0. The summed E-state index contributed by atoms with van der Waals surface area (Å²) in [6.45, 7) is 2.71. The highest BCUT2D eigenvalue weighted by molar-refractivity contribution is 5.92. The number of rotatable bonds is 5. The molecule has 90 valence electrons. The fraction of sp³-hybridized carbons (Fsp3) is 0.700. The summed E-state index contributed by atoms with van der Waals surface area (Å²) in [6.07, 6.45) is 0.695. The van der Waals surface area contributed by atoms with Crippen molar-refractivity contribution in [2.45, 2.75) is 19.8 Å². The molecular formula is C10H16N2O4. The molecule has 1 fully saturated rings. The number of hydrogen-bond acceptors (Lipinski definition) is 3. The molecule has 1 aliphatic heterocycles. The summed E-state index contributed by atoms with van der Waals surface area (Å²) in [5.74, 6) is -1.24. The van der Waals surface area contributed by atoms with Crippen molar-refractivity contribution in [2.24, 2.45) is 0 Å². The van der Waals surface area contributed by atoms with E-state index in [1.807, 2.05) is 6.92 Å². The van der Waals surface area contributed by atoms with Crippen molar-refractivity contribution in [2.75, 3.05) is 26.2 Å². The van der Waals surface area contributed by atoms with Crippen molar-refractivity contribution < 1.29 is 19.5 Å². The second kappa shape index (κ2) is 5.48. The number of carboxylic acids is 1. The normalized spacial score (nSPS) is 16.8. The van der Waals surface area contributed by atoms with Crippen molar-refractivity contribution in [1.82, 2.24) is 9.80 Å². The van der Waals surface area contributed by atoms with Crippen LogP contribution >= 0.6 is 0 Å². The molecule has 1 saturated heterocycles. The molecule has 0 radical (unpaired) electrons. The van der Waals surface area contributed by atoms with Crippen LogP contribution in [-0.4, -0.2) is 58.9 Å². The van der Waals surface area contributed by atoms with Crippen molar-refractivity contribution in [3.05, 3.63) is 0 Å². The van der Waals surface area contributed by atoms with Gasteiger partial charge >= 0.3 is 5.97 Å². The van der Waals surface area contributed by atoms with E-state index in [0.29, 0.717) is 6.54 Å². The van der Waals surface area contributed by atoms with Crippen molar-refractivity contribution >= 4 is 17.8 Å². The molecule has 0 aromatic carbocycles. The van der Waals surface area contributed by atoms with Crippen LogP contribution in [0.5, 0.6) is 0 Å². The first-order chi connectivity index (χ1) is 7.54. The summed E-state index contributed by atoms with van der Waals surface area (Å²) in [5, 5.41) is 8.50. The van der Waals surface area contributed by atoms with E-state index in [4.69, 9.17) is 5.11 Å². The number of nitrogens with zero attached hydrogens (tertiary/aromatic N) is 2. The highest BCUT2D eigenvalue weighted by Crippen LogP contribution is 2.06. The lowest BCUT2D eigenvalue weighted by atomic mass is 10.2. The van der Waals surface area contributed by atoms with Gasteiger partial charge in [-0.15, -0.1) is 0 Å². The van der Waals surface area contributed by atoms with Gasteiger partial charge in [0.25, 0.3) is 0 Å². The van der Waals surface area contributed by atoms with Gasteiger partial charge in [-0.05, 0) is 6.42 Å². The van der Waals surface area contributed by atoms with Crippen LogP contribution in [0.4, 0.5) is 0 Å². The highest BCUT2D eigenvalue weighted by Gasteiger charge is 2.29. The average Bonchev–Trinajstić information content (AvgIpc) is 2.21. The van der Waals surface area contributed by atoms with Crippen LogP contribution in [0, 0.1) is 0 Å². The number of carbonyl (C=O) groups excluding carboxylic acids is 2. The Kier molecular flexibility index (Phi) is 4.28. The Morgan fingerprint density at radius 3 is 2.12 bits per heavy atom. The Bertz CT molecular complexity index is 303. The Morgan fingerprint density at radius 2 is 1.69 bits per heavy atom. The standard InChI is InChI=1S/C10H16N2O4/c1-2-4-11-6-9(14)12(7-8(11)13)5-3-10(15)16/h2-7H2,1H3,(H,15,16). The summed E-state index contributed by atoms with van der Waals surface area (Å²) in [5.41, 5.74) is 0. The van der Waals surface area contributed by atoms with Crippen LogP contribution in [0.1, 0.15) is 19.8 Å². The van der Waals surface area contributed by atoms with E-state index in [1.165, 1.54) is 9.80 Å². The van der Waals surface area contributed by atoms with Crippen LogP contribution in [-0.2, 0) is 14.4 Å². The minimum atomic E-state index is -0.962. The molecule has 16 heavy (non-hydrogen) atoms. The maximum atomic E-state index is 11.6. The largest absolute Gasteiger partial charge is 0.481 e. The van der Waals surface area contributed by atoms with Gasteiger partial charge in [0, 0.05) is 13.1 Å². The molecule has 0 unspecified atom stereocenters. The predicted molar refractivity (Wildman–Crippen MR) is 55.7 cm³/mol. The van der Waals surface area contributed by atoms with Gasteiger partial charge in [-0.25, -0.2) is 0 Å². The summed E-state index contributed by atoms with van der Waals surface area (Å²) in [7, 11) is 0. The van der Waals surface area contributed by atoms with E-state index in [2.05, 4.69) is 0 Å². The zero-order chi connectivity index (χ0) is 12.1. The monoisotopic (exact) mass is 228 g/mol. The van der Waals surface area contributed by atoms with E-state index in [0.717, 1.165) is 6.42 Å². The summed E-state index contributed by atoms with van der Waals surface area (Å²) in [4.78, 5) is 36.3. The van der Waals surface area contributed by atoms with Gasteiger partial charge in [0.05, 0.1) is 19.5 Å². The molecule has 6 nitrogen and oxygen atoms in total. The smallest absolute Gasteiger partial charge is 0.305 e. The van der Waals surface area contributed by atoms with E-state index >= 15 is 0 Å². The Labute approximate surface area is 93.8 Å². The molecule has 6 heteroatoms. The van der Waals surface area contributed by atoms with Gasteiger partial charge in [-0.3, -0.25) is 14.4 Å². The fourth-order valence-electron chi connectivity index (χ4n) is 1.61. The van der Waals surface area contributed by atoms with Crippen molar-refractivity contribution in [3.8, 4) is 0 Å². The maximum absolute atomic E-state index is 11.6. The number of aliphatic carboxylic acids is 1. The van der Waals surface area contributed by atoms with Gasteiger partial charge in [0.2, 0.25) is 11.8 Å². The van der Waals surface area contributed by atoms with Crippen LogP contribution < -0.4 is 0 Å². The SMILES string of the molecule is CCCN1CC(=O)N(CCC(=O)O)CC1=O. The number of carboxylic acid groups (broad SMARTS) is 1. The third-order valence-electron chi connectivity index (χ3n) is 2.45. The summed E-state index contributed by atoms with van der Waals surface area (Å²) >= 11 is 0. The third-order valence-corrected chi connectivity index (χ3v) is 2.45. The van der Waals surface area contributed by atoms with E-state index < -0.39 is 5.97 Å². The second-order valence-corrected chi connectivity index (χ2v) is 3.77. The van der Waals surface area contributed by atoms with Gasteiger partial charge in [0.15, 0.2) is 0 Å². The third kappa shape index (κ3) is 3.22. The van der Waals surface area contributed by atoms with Crippen LogP contribution in [0.25, 0.3) is 0 Å². The van der Waals surface area contributed by atoms with Crippen molar-refractivity contribution in [3.63, 3.8) is 0 Å². The second-order valence-electron chi connectivity index (χ2n) is 3.77. The number of piperazine rings is 1. The maximum Gasteiger partial charge on any atom is 0.305 e. The van der Waals surface area contributed by atoms with Gasteiger partial charge in [-0.2, -0.15) is 0 Å². The first kappa shape index (κ1) is 12.5. The van der Waals surface area contributed by atoms with Gasteiger partial charge < -0.3 is 14.9 Å². The van der Waals surface area contributed by atoms with Crippen LogP contribution in [0.15, 0.2) is 0 Å². The van der Waals surface area contributed by atoms with E-state index in [-0.39, 0.29) is 37.9 Å². The van der Waals surface area contributed by atoms with Gasteiger partial charge in [0.1, 0.15) is 0 Å². The molecule has 0 atom stereocenters. The zero-order valence-electron chi connectivity index (χ0n) is 9.31. The number of carbonyl (C=O) groups is 3. The number of hydrogen-bond donors (Lipinski definition) is 1. The average molecular weight is 228 g/mol. The lowest BCUT2D eigenvalue weighted by molar-refractivity contribution is -0.151. The molecule has 1 N–H and O–H groups in total.